The zero-order valence-electron chi connectivity index (χ0n) is 12.8. The van der Waals surface area contributed by atoms with E-state index in [2.05, 4.69) is 10.4 Å². The Balaban J connectivity index is 1.84. The van der Waals surface area contributed by atoms with E-state index in [4.69, 9.17) is 5.26 Å². The summed E-state index contributed by atoms with van der Waals surface area (Å²) in [6.45, 7) is 0. The maximum Gasteiger partial charge on any atom is 0.271 e. The van der Waals surface area contributed by atoms with Gasteiger partial charge in [-0.2, -0.15) is 10.4 Å². The second kappa shape index (κ2) is 6.75. The fourth-order valence-electron chi connectivity index (χ4n) is 2.37. The number of hydrazone groups is 1. The monoisotopic (exact) mass is 318 g/mol. The van der Waals surface area contributed by atoms with Gasteiger partial charge in [0.05, 0.1) is 16.9 Å². The number of nitrogens with zero attached hydrogens (tertiary/aromatic N) is 3. The molecule has 2 aromatic carbocycles. The second-order valence-electron chi connectivity index (χ2n) is 5.20. The largest absolute Gasteiger partial charge is 0.320 e. The van der Waals surface area contributed by atoms with Crippen LogP contribution < -0.4 is 10.3 Å². The molecule has 0 spiro atoms. The maximum absolute atomic E-state index is 12.4. The predicted octanol–water partition coefficient (Wildman–Crippen LogP) is 2.68. The lowest BCUT2D eigenvalue weighted by Gasteiger charge is -2.23. The minimum absolute atomic E-state index is 0.157. The number of para-hydroxylation sites is 2. The third-order valence-corrected chi connectivity index (χ3v) is 3.59. The van der Waals surface area contributed by atoms with Crippen LogP contribution in [0.3, 0.4) is 0 Å². The van der Waals surface area contributed by atoms with E-state index in [-0.39, 0.29) is 24.5 Å². The van der Waals surface area contributed by atoms with Crippen molar-refractivity contribution >= 4 is 28.9 Å². The summed E-state index contributed by atoms with van der Waals surface area (Å²) in [6, 6.07) is 17.7. The number of rotatable bonds is 3. The summed E-state index contributed by atoms with van der Waals surface area (Å²) >= 11 is 0. The lowest BCUT2D eigenvalue weighted by atomic mass is 10.1. The number of nitrogens with one attached hydrogen (secondary N) is 1. The van der Waals surface area contributed by atoms with Crippen molar-refractivity contribution in [3.8, 4) is 6.07 Å². The maximum atomic E-state index is 12.4. The molecule has 0 fully saturated rings. The number of carbonyl (C=O) groups is 2. The van der Waals surface area contributed by atoms with Crippen molar-refractivity contribution in [2.75, 3.05) is 10.3 Å². The molecule has 0 saturated heterocycles. The first-order valence-electron chi connectivity index (χ1n) is 7.45. The van der Waals surface area contributed by atoms with E-state index < -0.39 is 5.91 Å². The Morgan fingerprint density at radius 2 is 1.79 bits per heavy atom. The second-order valence-corrected chi connectivity index (χ2v) is 5.20. The van der Waals surface area contributed by atoms with Crippen molar-refractivity contribution in [2.24, 2.45) is 5.10 Å². The minimum Gasteiger partial charge on any atom is -0.320 e. The number of amides is 2. The van der Waals surface area contributed by atoms with Crippen LogP contribution in [-0.4, -0.2) is 17.5 Å². The molecule has 0 unspecified atom stereocenters. The van der Waals surface area contributed by atoms with Crippen molar-refractivity contribution in [3.63, 3.8) is 0 Å². The molecule has 0 radical (unpaired) electrons. The van der Waals surface area contributed by atoms with Gasteiger partial charge in [-0.3, -0.25) is 9.59 Å². The topological polar surface area (TPSA) is 85.6 Å². The Morgan fingerprint density at radius 3 is 2.54 bits per heavy atom. The fraction of sp³-hybridized carbons (Fsp3) is 0.111. The van der Waals surface area contributed by atoms with Gasteiger partial charge in [-0.25, -0.2) is 5.01 Å². The molecule has 6 heteroatoms. The highest BCUT2D eigenvalue weighted by molar-refractivity contribution is 6.44. The predicted molar refractivity (Wildman–Crippen MR) is 90.4 cm³/mol. The van der Waals surface area contributed by atoms with Crippen LogP contribution in [-0.2, 0) is 9.59 Å². The Bertz CT molecular complexity index is 853. The first-order chi connectivity index (χ1) is 11.7. The van der Waals surface area contributed by atoms with Gasteiger partial charge in [-0.15, -0.1) is 0 Å². The number of carbonyl (C=O) groups excluding carboxylic acids is 2. The smallest absolute Gasteiger partial charge is 0.271 e. The molecule has 2 aromatic rings. The van der Waals surface area contributed by atoms with Crippen LogP contribution in [0, 0.1) is 11.3 Å². The molecule has 1 aliphatic heterocycles. The van der Waals surface area contributed by atoms with Gasteiger partial charge in [0.1, 0.15) is 11.8 Å². The Kier molecular flexibility index (Phi) is 4.34. The van der Waals surface area contributed by atoms with Crippen molar-refractivity contribution < 1.29 is 9.59 Å². The van der Waals surface area contributed by atoms with E-state index in [0.717, 1.165) is 0 Å². The van der Waals surface area contributed by atoms with Gasteiger partial charge in [-0.1, -0.05) is 30.3 Å². The molecule has 3 rings (SSSR count). The van der Waals surface area contributed by atoms with Crippen LogP contribution in [0.1, 0.15) is 18.4 Å². The summed E-state index contributed by atoms with van der Waals surface area (Å²) in [7, 11) is 0. The van der Waals surface area contributed by atoms with Crippen LogP contribution >= 0.6 is 0 Å². The Morgan fingerprint density at radius 1 is 1.08 bits per heavy atom. The van der Waals surface area contributed by atoms with Crippen LogP contribution in [0.2, 0.25) is 0 Å². The first kappa shape index (κ1) is 15.4. The molecule has 0 aromatic heterocycles. The van der Waals surface area contributed by atoms with Crippen molar-refractivity contribution in [1.82, 2.24) is 0 Å². The number of benzene rings is 2. The Labute approximate surface area is 139 Å². The third kappa shape index (κ3) is 3.15. The molecule has 1 heterocycles. The summed E-state index contributed by atoms with van der Waals surface area (Å²) in [5.41, 5.74) is 1.67. The lowest BCUT2D eigenvalue weighted by Crippen LogP contribution is -2.36. The summed E-state index contributed by atoms with van der Waals surface area (Å²) in [5, 5.41) is 17.2. The van der Waals surface area contributed by atoms with E-state index >= 15 is 0 Å². The molecule has 0 saturated carbocycles. The van der Waals surface area contributed by atoms with Gasteiger partial charge in [0, 0.05) is 12.8 Å². The first-order valence-corrected chi connectivity index (χ1v) is 7.45. The number of hydrogen-bond acceptors (Lipinski definition) is 4. The molecule has 0 aliphatic carbocycles. The minimum atomic E-state index is -0.411. The number of nitriles is 1. The SMILES string of the molecule is N#Cc1ccccc1NC(=O)C1=NN(c2ccccc2)C(=O)CC1. The van der Waals surface area contributed by atoms with E-state index in [1.807, 2.05) is 12.1 Å². The number of hydrogen-bond donors (Lipinski definition) is 1. The molecule has 0 atom stereocenters. The molecule has 6 nitrogen and oxygen atoms in total. The summed E-state index contributed by atoms with van der Waals surface area (Å²) < 4.78 is 0. The zero-order chi connectivity index (χ0) is 16.9. The standard InChI is InChI=1S/C18H14N4O2/c19-12-13-6-4-5-9-15(13)20-18(24)16-10-11-17(23)22(21-16)14-7-2-1-3-8-14/h1-9H,10-11H2,(H,20,24). The highest BCUT2D eigenvalue weighted by atomic mass is 16.2. The average Bonchev–Trinajstić information content (AvgIpc) is 2.63. The molecule has 1 aliphatic rings. The Hall–Kier alpha value is -3.46. The highest BCUT2D eigenvalue weighted by Gasteiger charge is 2.25. The van der Waals surface area contributed by atoms with Crippen LogP contribution in [0.4, 0.5) is 11.4 Å². The molecular weight excluding hydrogens is 304 g/mol. The van der Waals surface area contributed by atoms with E-state index in [0.29, 0.717) is 16.9 Å². The molecule has 2 amide bonds. The highest BCUT2D eigenvalue weighted by Crippen LogP contribution is 2.20. The van der Waals surface area contributed by atoms with Gasteiger partial charge in [0.2, 0.25) is 5.91 Å². The van der Waals surface area contributed by atoms with Crippen molar-refractivity contribution in [2.45, 2.75) is 12.8 Å². The van der Waals surface area contributed by atoms with Gasteiger partial charge < -0.3 is 5.32 Å². The van der Waals surface area contributed by atoms with Gasteiger partial charge in [0.15, 0.2) is 0 Å². The van der Waals surface area contributed by atoms with Gasteiger partial charge in [-0.05, 0) is 24.3 Å². The van der Waals surface area contributed by atoms with Crippen molar-refractivity contribution in [3.05, 3.63) is 60.2 Å². The van der Waals surface area contributed by atoms with Crippen molar-refractivity contribution in [1.29, 1.82) is 5.26 Å². The quantitative estimate of drug-likeness (QED) is 0.944. The van der Waals surface area contributed by atoms with Crippen LogP contribution in [0.5, 0.6) is 0 Å². The molecule has 1 N–H and O–H groups in total. The van der Waals surface area contributed by atoms with E-state index in [1.54, 1.807) is 48.5 Å². The molecule has 0 bridgehead atoms. The van der Waals surface area contributed by atoms with Crippen LogP contribution in [0.15, 0.2) is 59.7 Å². The van der Waals surface area contributed by atoms with E-state index in [9.17, 15) is 9.59 Å². The zero-order valence-corrected chi connectivity index (χ0v) is 12.8. The average molecular weight is 318 g/mol. The summed E-state index contributed by atoms with van der Waals surface area (Å²) in [4.78, 5) is 24.5. The third-order valence-electron chi connectivity index (χ3n) is 3.59. The van der Waals surface area contributed by atoms with Gasteiger partial charge >= 0.3 is 0 Å². The normalized spacial score (nSPS) is 13.9. The van der Waals surface area contributed by atoms with Crippen LogP contribution in [0.25, 0.3) is 0 Å². The van der Waals surface area contributed by atoms with Gasteiger partial charge in [0.25, 0.3) is 5.91 Å². The molecule has 24 heavy (non-hydrogen) atoms. The number of anilines is 2. The van der Waals surface area contributed by atoms with E-state index in [1.165, 1.54) is 5.01 Å². The summed E-state index contributed by atoms with van der Waals surface area (Å²) in [6.07, 6.45) is 0.476. The molecule has 118 valence electrons. The molecular formula is C18H14N4O2. The fourth-order valence-corrected chi connectivity index (χ4v) is 2.37. The lowest BCUT2D eigenvalue weighted by molar-refractivity contribution is -0.118. The summed E-state index contributed by atoms with van der Waals surface area (Å²) in [5.74, 6) is -0.568.